The van der Waals surface area contributed by atoms with Gasteiger partial charge in [0.05, 0.1) is 11.5 Å². The molecule has 0 aromatic carbocycles. The Balaban J connectivity index is 2.08. The van der Waals surface area contributed by atoms with Crippen LogP contribution in [0.3, 0.4) is 0 Å². The lowest BCUT2D eigenvalue weighted by Gasteiger charge is -2.21. The zero-order valence-electron chi connectivity index (χ0n) is 12.0. The van der Waals surface area contributed by atoms with E-state index in [1.54, 1.807) is 0 Å². The van der Waals surface area contributed by atoms with Crippen LogP contribution in [0.25, 0.3) is 0 Å². The molecule has 0 unspecified atom stereocenters. The van der Waals surface area contributed by atoms with Gasteiger partial charge in [0.1, 0.15) is 0 Å². The van der Waals surface area contributed by atoms with Crippen molar-refractivity contribution < 1.29 is 8.42 Å². The van der Waals surface area contributed by atoms with Gasteiger partial charge in [0.2, 0.25) is 0 Å². The number of hydrogen-bond donors (Lipinski definition) is 1. The molecule has 1 aliphatic carbocycles. The van der Waals surface area contributed by atoms with Gasteiger partial charge in [-0.1, -0.05) is 33.1 Å². The highest BCUT2D eigenvalue weighted by Crippen LogP contribution is 2.22. The lowest BCUT2D eigenvalue weighted by atomic mass is 9.89. The first-order chi connectivity index (χ1) is 8.49. The largest absolute Gasteiger partial charge is 0.315 e. The van der Waals surface area contributed by atoms with Crippen molar-refractivity contribution in [3.8, 4) is 0 Å². The number of hydrogen-bond acceptors (Lipinski definition) is 3. The normalized spacial score (nSPS) is 18.4. The molecule has 0 heterocycles. The third-order valence-corrected chi connectivity index (χ3v) is 5.44. The van der Waals surface area contributed by atoms with E-state index in [1.165, 1.54) is 32.1 Å². The highest BCUT2D eigenvalue weighted by molar-refractivity contribution is 7.91. The number of sulfone groups is 1. The third kappa shape index (κ3) is 7.37. The predicted octanol–water partition coefficient (Wildman–Crippen LogP) is 2.62. The molecule has 0 saturated heterocycles. The summed E-state index contributed by atoms with van der Waals surface area (Å²) in [5.41, 5.74) is 0. The minimum atomic E-state index is -2.84. The minimum Gasteiger partial charge on any atom is -0.315 e. The number of nitrogens with one attached hydrogen (secondary N) is 1. The summed E-state index contributed by atoms with van der Waals surface area (Å²) in [5.74, 6) is 1.88. The Labute approximate surface area is 113 Å². The molecular weight excluding hydrogens is 246 g/mol. The molecule has 0 aromatic heterocycles. The van der Waals surface area contributed by atoms with Crippen molar-refractivity contribution in [1.82, 2.24) is 5.32 Å². The number of rotatable bonds is 8. The van der Waals surface area contributed by atoms with E-state index < -0.39 is 9.84 Å². The average molecular weight is 275 g/mol. The molecule has 0 amide bonds. The van der Waals surface area contributed by atoms with Crippen LogP contribution in [-0.4, -0.2) is 33.0 Å². The second-order valence-corrected chi connectivity index (χ2v) is 8.35. The summed E-state index contributed by atoms with van der Waals surface area (Å²) in [6.07, 6.45) is 7.48. The molecule has 0 radical (unpaired) electrons. The molecule has 3 nitrogen and oxygen atoms in total. The zero-order chi connectivity index (χ0) is 13.4. The molecule has 0 aliphatic heterocycles. The Bertz CT molecular complexity index is 306. The molecule has 0 aromatic rings. The van der Waals surface area contributed by atoms with Crippen molar-refractivity contribution in [3.63, 3.8) is 0 Å². The molecule has 108 valence electrons. The highest BCUT2D eigenvalue weighted by atomic mass is 32.2. The fourth-order valence-corrected chi connectivity index (χ4v) is 3.93. The van der Waals surface area contributed by atoms with Crippen LogP contribution in [0.2, 0.25) is 0 Å². The average Bonchev–Trinajstić information content (AvgIpc) is 2.34. The van der Waals surface area contributed by atoms with Gasteiger partial charge in [-0.15, -0.1) is 0 Å². The van der Waals surface area contributed by atoms with E-state index in [2.05, 4.69) is 19.2 Å². The monoisotopic (exact) mass is 275 g/mol. The van der Waals surface area contributed by atoms with E-state index in [0.717, 1.165) is 18.9 Å². The lowest BCUT2D eigenvalue weighted by Crippen LogP contribution is -2.29. The van der Waals surface area contributed by atoms with Gasteiger partial charge in [0.25, 0.3) is 0 Å². The molecule has 1 N–H and O–H groups in total. The first-order valence-corrected chi connectivity index (χ1v) is 9.23. The van der Waals surface area contributed by atoms with Gasteiger partial charge < -0.3 is 5.32 Å². The van der Waals surface area contributed by atoms with Gasteiger partial charge in [-0.05, 0) is 37.6 Å². The van der Waals surface area contributed by atoms with Crippen LogP contribution in [-0.2, 0) is 9.84 Å². The van der Waals surface area contributed by atoms with Crippen LogP contribution in [0, 0.1) is 11.8 Å². The SMILES string of the molecule is CC(C)CCS(=O)(=O)CCNCC1CCCCC1. The van der Waals surface area contributed by atoms with Crippen LogP contribution >= 0.6 is 0 Å². The minimum absolute atomic E-state index is 0.298. The Kier molecular flexibility index (Phi) is 7.23. The molecule has 1 saturated carbocycles. The van der Waals surface area contributed by atoms with Crippen molar-refractivity contribution in [1.29, 1.82) is 0 Å². The predicted molar refractivity (Wildman–Crippen MR) is 77.6 cm³/mol. The Morgan fingerprint density at radius 2 is 1.78 bits per heavy atom. The third-order valence-electron chi connectivity index (χ3n) is 3.75. The van der Waals surface area contributed by atoms with Crippen molar-refractivity contribution in [2.75, 3.05) is 24.6 Å². The summed E-state index contributed by atoms with van der Waals surface area (Å²) < 4.78 is 23.5. The maximum absolute atomic E-state index is 11.7. The second-order valence-electron chi connectivity index (χ2n) is 6.04. The smallest absolute Gasteiger partial charge is 0.151 e. The maximum atomic E-state index is 11.7. The van der Waals surface area contributed by atoms with Crippen molar-refractivity contribution >= 4 is 9.84 Å². The molecule has 1 rings (SSSR count). The van der Waals surface area contributed by atoms with Crippen molar-refractivity contribution in [2.45, 2.75) is 52.4 Å². The lowest BCUT2D eigenvalue weighted by molar-refractivity contribution is 0.345. The van der Waals surface area contributed by atoms with Gasteiger partial charge in [-0.2, -0.15) is 0 Å². The van der Waals surface area contributed by atoms with Crippen molar-refractivity contribution in [3.05, 3.63) is 0 Å². The summed E-state index contributed by atoms with van der Waals surface area (Å²) in [6.45, 7) is 5.75. The highest BCUT2D eigenvalue weighted by Gasteiger charge is 2.14. The van der Waals surface area contributed by atoms with Gasteiger partial charge >= 0.3 is 0 Å². The fourth-order valence-electron chi connectivity index (χ4n) is 2.44. The Hall–Kier alpha value is -0.0900. The van der Waals surface area contributed by atoms with E-state index in [4.69, 9.17) is 0 Å². The van der Waals surface area contributed by atoms with Crippen molar-refractivity contribution in [2.24, 2.45) is 11.8 Å². The van der Waals surface area contributed by atoms with Gasteiger partial charge in [-0.25, -0.2) is 8.42 Å². The second kappa shape index (κ2) is 8.16. The van der Waals surface area contributed by atoms with Crippen LogP contribution < -0.4 is 5.32 Å². The summed E-state index contributed by atoms with van der Waals surface area (Å²) in [6, 6.07) is 0. The van der Waals surface area contributed by atoms with Gasteiger partial charge in [0, 0.05) is 6.54 Å². The first kappa shape index (κ1) is 16.0. The van der Waals surface area contributed by atoms with Gasteiger partial charge in [-0.3, -0.25) is 0 Å². The van der Waals surface area contributed by atoms with Crippen LogP contribution in [0.5, 0.6) is 0 Å². The molecule has 1 aliphatic rings. The molecule has 18 heavy (non-hydrogen) atoms. The van der Waals surface area contributed by atoms with Gasteiger partial charge in [0.15, 0.2) is 9.84 Å². The first-order valence-electron chi connectivity index (χ1n) is 7.41. The molecule has 0 atom stereocenters. The maximum Gasteiger partial charge on any atom is 0.151 e. The molecular formula is C14H29NO2S. The van der Waals surface area contributed by atoms with Crippen LogP contribution in [0.4, 0.5) is 0 Å². The summed E-state index contributed by atoms with van der Waals surface area (Å²) in [4.78, 5) is 0. The van der Waals surface area contributed by atoms with E-state index >= 15 is 0 Å². The van der Waals surface area contributed by atoms with E-state index in [0.29, 0.717) is 24.0 Å². The summed E-state index contributed by atoms with van der Waals surface area (Å²) in [5, 5.41) is 3.32. The summed E-state index contributed by atoms with van der Waals surface area (Å²) >= 11 is 0. The molecule has 1 fully saturated rings. The quantitative estimate of drug-likeness (QED) is 0.693. The van der Waals surface area contributed by atoms with Crippen LogP contribution in [0.1, 0.15) is 52.4 Å². The van der Waals surface area contributed by atoms with Crippen LogP contribution in [0.15, 0.2) is 0 Å². The Morgan fingerprint density at radius 3 is 2.39 bits per heavy atom. The zero-order valence-corrected chi connectivity index (χ0v) is 12.8. The topological polar surface area (TPSA) is 46.2 Å². The van der Waals surface area contributed by atoms with E-state index in [-0.39, 0.29) is 0 Å². The summed E-state index contributed by atoms with van der Waals surface area (Å²) in [7, 11) is -2.84. The molecule has 0 bridgehead atoms. The molecule has 0 spiro atoms. The standard InChI is InChI=1S/C14H29NO2S/c1-13(2)8-10-18(16,17)11-9-15-12-14-6-4-3-5-7-14/h13-15H,3-12H2,1-2H3. The van der Waals surface area contributed by atoms with E-state index in [9.17, 15) is 8.42 Å². The van der Waals surface area contributed by atoms with E-state index in [1.807, 2.05) is 0 Å². The fraction of sp³-hybridized carbons (Fsp3) is 1.00. The Morgan fingerprint density at radius 1 is 1.11 bits per heavy atom. The molecule has 4 heteroatoms.